The molecule has 2 aromatic carbocycles. The molecule has 2 heterocycles. The van der Waals surface area contributed by atoms with Crippen LogP contribution < -0.4 is 15.1 Å². The van der Waals surface area contributed by atoms with Gasteiger partial charge in [0.2, 0.25) is 12.8 Å². The Labute approximate surface area is 209 Å². The molecule has 2 amide bonds. The lowest BCUT2D eigenvalue weighted by molar-refractivity contribution is -0.107. The zero-order chi connectivity index (χ0) is 25.9. The van der Waals surface area contributed by atoms with E-state index in [-0.39, 0.29) is 0 Å². The molecule has 0 saturated carbocycles. The van der Waals surface area contributed by atoms with Crippen LogP contribution in [0.3, 0.4) is 0 Å². The lowest BCUT2D eigenvalue weighted by atomic mass is 9.86. The van der Waals surface area contributed by atoms with Crippen LogP contribution in [-0.4, -0.2) is 36.9 Å². The van der Waals surface area contributed by atoms with Gasteiger partial charge in [-0.3, -0.25) is 14.6 Å². The predicted molar refractivity (Wildman–Crippen MR) is 142 cm³/mol. The third-order valence-electron chi connectivity index (χ3n) is 6.25. The molecule has 1 N–H and O–H groups in total. The number of nitriles is 1. The fraction of sp³-hybridized carbons (Fsp3) is 0.179. The average Bonchev–Trinajstić information content (AvgIpc) is 2.92. The average molecular weight is 479 g/mol. The topological polar surface area (TPSA) is 102 Å². The molecular weight excluding hydrogens is 452 g/mol. The molecule has 36 heavy (non-hydrogen) atoms. The first-order chi connectivity index (χ1) is 17.3. The minimum absolute atomic E-state index is 0.467. The second-order valence-corrected chi connectivity index (χ2v) is 8.98. The zero-order valence-electron chi connectivity index (χ0n) is 20.6. The van der Waals surface area contributed by atoms with Crippen LogP contribution in [0.1, 0.15) is 19.4 Å². The molecular formula is C28H26N6O2. The maximum atomic E-state index is 11.7. The summed E-state index contributed by atoms with van der Waals surface area (Å²) in [5.41, 5.74) is 5.27. The molecule has 0 saturated heterocycles. The van der Waals surface area contributed by atoms with E-state index in [0.717, 1.165) is 45.4 Å². The summed E-state index contributed by atoms with van der Waals surface area (Å²) < 4.78 is 0. The summed E-state index contributed by atoms with van der Waals surface area (Å²) in [6.07, 6.45) is 4.73. The molecule has 0 spiro atoms. The summed E-state index contributed by atoms with van der Waals surface area (Å²) in [6.45, 7) is 3.77. The third kappa shape index (κ3) is 4.59. The van der Waals surface area contributed by atoms with Gasteiger partial charge in [0.25, 0.3) is 0 Å². The maximum absolute atomic E-state index is 11.7. The highest BCUT2D eigenvalue weighted by molar-refractivity contribution is 6.04. The normalized spacial score (nSPS) is 11.0. The van der Waals surface area contributed by atoms with Crippen LogP contribution in [0.15, 0.2) is 67.0 Å². The molecule has 0 bridgehead atoms. The number of nitrogens with one attached hydrogen (secondary N) is 1. The van der Waals surface area contributed by atoms with Gasteiger partial charge in [0.05, 0.1) is 34.6 Å². The van der Waals surface area contributed by atoms with Crippen LogP contribution in [0.25, 0.3) is 22.0 Å². The van der Waals surface area contributed by atoms with Crippen molar-refractivity contribution in [3.63, 3.8) is 0 Å². The standard InChI is InChI=1S/C28H26N6O2/c1-28(2,16-29)21-7-9-22(10-8-21)34(4)27-23-13-19(20-6-12-26(31-14-20)32-17-35)5-11-24(23)30-15-25(27)33(3)18-36/h5-15,17-18H,1-4H3,(H,31,32,35). The quantitative estimate of drug-likeness (QED) is 0.357. The molecule has 0 aliphatic heterocycles. The summed E-state index contributed by atoms with van der Waals surface area (Å²) in [5.74, 6) is 0.467. The highest BCUT2D eigenvalue weighted by Crippen LogP contribution is 2.40. The molecule has 180 valence electrons. The van der Waals surface area contributed by atoms with E-state index in [0.29, 0.717) is 17.9 Å². The number of benzene rings is 2. The number of anilines is 4. The van der Waals surface area contributed by atoms with Crippen LogP contribution >= 0.6 is 0 Å². The zero-order valence-corrected chi connectivity index (χ0v) is 20.6. The van der Waals surface area contributed by atoms with E-state index in [1.165, 1.54) is 4.90 Å². The minimum atomic E-state index is -0.594. The van der Waals surface area contributed by atoms with Crippen LogP contribution in [0.2, 0.25) is 0 Å². The van der Waals surface area contributed by atoms with Gasteiger partial charge in [-0.05, 0) is 61.4 Å². The van der Waals surface area contributed by atoms with E-state index in [4.69, 9.17) is 0 Å². The van der Waals surface area contributed by atoms with E-state index in [9.17, 15) is 14.9 Å². The van der Waals surface area contributed by atoms with E-state index < -0.39 is 5.41 Å². The fourth-order valence-electron chi connectivity index (χ4n) is 4.02. The number of nitrogens with zero attached hydrogens (tertiary/aromatic N) is 5. The van der Waals surface area contributed by atoms with Gasteiger partial charge in [0.1, 0.15) is 5.82 Å². The molecule has 0 fully saturated rings. The van der Waals surface area contributed by atoms with Crippen LogP contribution in [0.5, 0.6) is 0 Å². The molecule has 0 aliphatic carbocycles. The van der Waals surface area contributed by atoms with Gasteiger partial charge in [-0.15, -0.1) is 0 Å². The van der Waals surface area contributed by atoms with Crippen molar-refractivity contribution in [1.82, 2.24) is 9.97 Å². The Kier molecular flexibility index (Phi) is 6.66. The Balaban J connectivity index is 1.86. The number of pyridine rings is 2. The number of hydrogen-bond acceptors (Lipinski definition) is 6. The lowest BCUT2D eigenvalue weighted by Gasteiger charge is -2.27. The van der Waals surface area contributed by atoms with Gasteiger partial charge < -0.3 is 15.1 Å². The SMILES string of the molecule is CN(C=O)c1cnc2ccc(-c3ccc(NC=O)nc3)cc2c1N(C)c1ccc(C(C)(C)C#N)cc1. The summed E-state index contributed by atoms with van der Waals surface area (Å²) >= 11 is 0. The number of carbonyl (C=O) groups is 2. The summed E-state index contributed by atoms with van der Waals surface area (Å²) in [5, 5.41) is 12.9. The largest absolute Gasteiger partial charge is 0.342 e. The fourth-order valence-corrected chi connectivity index (χ4v) is 4.02. The Hall–Kier alpha value is -4.77. The van der Waals surface area contributed by atoms with Crippen molar-refractivity contribution in [3.8, 4) is 17.2 Å². The Morgan fingerprint density at radius 3 is 2.28 bits per heavy atom. The number of carbonyl (C=O) groups excluding carboxylic acids is 2. The van der Waals surface area contributed by atoms with Crippen LogP contribution in [-0.2, 0) is 15.0 Å². The number of fused-ring (bicyclic) bond motifs is 1. The monoisotopic (exact) mass is 478 g/mol. The van der Waals surface area contributed by atoms with E-state index >= 15 is 0 Å². The third-order valence-corrected chi connectivity index (χ3v) is 6.25. The molecule has 0 atom stereocenters. The molecule has 0 unspecified atom stereocenters. The lowest BCUT2D eigenvalue weighted by Crippen LogP contribution is -2.20. The van der Waals surface area contributed by atoms with Gasteiger partial charge in [0, 0.05) is 36.9 Å². The van der Waals surface area contributed by atoms with Crippen LogP contribution in [0, 0.1) is 11.3 Å². The first kappa shape index (κ1) is 24.4. The number of hydrogen-bond donors (Lipinski definition) is 1. The second-order valence-electron chi connectivity index (χ2n) is 8.98. The number of rotatable bonds is 8. The minimum Gasteiger partial charge on any atom is -0.342 e. The molecule has 0 radical (unpaired) electrons. The van der Waals surface area contributed by atoms with E-state index in [2.05, 4.69) is 21.4 Å². The molecule has 8 nitrogen and oxygen atoms in total. The Bertz CT molecular complexity index is 1460. The van der Waals surface area contributed by atoms with Gasteiger partial charge in [-0.25, -0.2) is 4.98 Å². The van der Waals surface area contributed by atoms with Gasteiger partial charge in [-0.2, -0.15) is 5.26 Å². The van der Waals surface area contributed by atoms with Crippen molar-refractivity contribution in [2.75, 3.05) is 29.2 Å². The van der Waals surface area contributed by atoms with Crippen molar-refractivity contribution in [1.29, 1.82) is 5.26 Å². The molecule has 4 aromatic rings. The highest BCUT2D eigenvalue weighted by Gasteiger charge is 2.21. The predicted octanol–water partition coefficient (Wildman–Crippen LogP) is 5.03. The van der Waals surface area contributed by atoms with Gasteiger partial charge >= 0.3 is 0 Å². The van der Waals surface area contributed by atoms with Gasteiger partial charge in [-0.1, -0.05) is 18.2 Å². The first-order valence-electron chi connectivity index (χ1n) is 11.3. The number of aromatic nitrogens is 2. The first-order valence-corrected chi connectivity index (χ1v) is 11.3. The van der Waals surface area contributed by atoms with Crippen molar-refractivity contribution in [2.24, 2.45) is 0 Å². The second kappa shape index (κ2) is 9.84. The van der Waals surface area contributed by atoms with Gasteiger partial charge in [0.15, 0.2) is 0 Å². The summed E-state index contributed by atoms with van der Waals surface area (Å²) in [4.78, 5) is 34.8. The van der Waals surface area contributed by atoms with Crippen molar-refractivity contribution in [2.45, 2.75) is 19.3 Å². The number of amides is 2. The Morgan fingerprint density at radius 2 is 1.67 bits per heavy atom. The molecule has 0 aliphatic rings. The highest BCUT2D eigenvalue weighted by atomic mass is 16.1. The molecule has 8 heteroatoms. The van der Waals surface area contributed by atoms with E-state index in [1.54, 1.807) is 25.5 Å². The smallest absolute Gasteiger partial charge is 0.213 e. The summed E-state index contributed by atoms with van der Waals surface area (Å²) in [6, 6.07) is 19.7. The van der Waals surface area contributed by atoms with Crippen LogP contribution in [0.4, 0.5) is 22.9 Å². The maximum Gasteiger partial charge on any atom is 0.213 e. The molecule has 2 aromatic heterocycles. The van der Waals surface area contributed by atoms with E-state index in [1.807, 2.05) is 74.3 Å². The molecule has 4 rings (SSSR count). The van der Waals surface area contributed by atoms with Crippen molar-refractivity contribution >= 4 is 46.6 Å². The van der Waals surface area contributed by atoms with Crippen molar-refractivity contribution < 1.29 is 9.59 Å². The summed E-state index contributed by atoms with van der Waals surface area (Å²) in [7, 11) is 3.63. The Morgan fingerprint density at radius 1 is 0.944 bits per heavy atom. The van der Waals surface area contributed by atoms with Crippen molar-refractivity contribution in [3.05, 3.63) is 72.6 Å².